The van der Waals surface area contributed by atoms with E-state index in [1.807, 2.05) is 11.0 Å². The largest absolute Gasteiger partial charge is 0.338 e. The van der Waals surface area contributed by atoms with Crippen molar-refractivity contribution in [3.63, 3.8) is 0 Å². The van der Waals surface area contributed by atoms with Crippen LogP contribution in [0.25, 0.3) is 10.9 Å². The molecule has 7 rings (SSSR count). The minimum atomic E-state index is -0.213. The van der Waals surface area contributed by atoms with Gasteiger partial charge in [0.2, 0.25) is 0 Å². The molecule has 0 unspecified atom stereocenters. The van der Waals surface area contributed by atoms with Crippen LogP contribution >= 0.6 is 0 Å². The summed E-state index contributed by atoms with van der Waals surface area (Å²) in [7, 11) is 0. The number of halogens is 1. The zero-order chi connectivity index (χ0) is 24.8. The second kappa shape index (κ2) is 9.75. The Morgan fingerprint density at radius 3 is 2.50 bits per heavy atom. The van der Waals surface area contributed by atoms with E-state index in [0.717, 1.165) is 78.9 Å². The summed E-state index contributed by atoms with van der Waals surface area (Å²) in [5.41, 5.74) is 3.27. The maximum atomic E-state index is 15.3. The number of pyridine rings is 1. The lowest BCUT2D eigenvalue weighted by Gasteiger charge is -2.58. The van der Waals surface area contributed by atoms with Crippen LogP contribution < -0.4 is 5.32 Å². The number of likely N-dealkylation sites (tertiary alicyclic amines) is 1. The van der Waals surface area contributed by atoms with Gasteiger partial charge in [-0.25, -0.2) is 9.18 Å². The molecule has 36 heavy (non-hydrogen) atoms. The van der Waals surface area contributed by atoms with E-state index in [1.165, 1.54) is 12.8 Å². The van der Waals surface area contributed by atoms with Crippen LogP contribution in [0.1, 0.15) is 92.1 Å². The molecule has 1 aromatic carbocycles. The number of fused-ring (bicyclic) bond motifs is 1. The molecule has 2 aromatic rings. The normalized spacial score (nSPS) is 25.4. The van der Waals surface area contributed by atoms with Gasteiger partial charge in [-0.3, -0.25) is 9.78 Å². The van der Waals surface area contributed by atoms with Crippen molar-refractivity contribution < 1.29 is 14.0 Å². The summed E-state index contributed by atoms with van der Waals surface area (Å²) in [6, 6.07) is 3.58. The first kappa shape index (κ1) is 23.9. The number of carbonyl (C=O) groups is 2. The molecule has 2 heterocycles. The van der Waals surface area contributed by atoms with Crippen LogP contribution in [-0.4, -0.2) is 41.3 Å². The quantitative estimate of drug-likeness (QED) is 0.333. The summed E-state index contributed by atoms with van der Waals surface area (Å²) >= 11 is 0. The van der Waals surface area contributed by atoms with Gasteiger partial charge in [0.15, 0.2) is 5.78 Å². The number of amides is 2. The average Bonchev–Trinajstić information content (AvgIpc) is 3.64. The van der Waals surface area contributed by atoms with Crippen LogP contribution in [0.4, 0.5) is 9.18 Å². The van der Waals surface area contributed by atoms with Gasteiger partial charge in [0.1, 0.15) is 5.82 Å². The summed E-state index contributed by atoms with van der Waals surface area (Å²) in [5.74, 6) is 2.88. The summed E-state index contributed by atoms with van der Waals surface area (Å²) in [4.78, 5) is 32.1. The molecule has 1 saturated heterocycles. The number of hydrogen-bond acceptors (Lipinski definition) is 3. The maximum absolute atomic E-state index is 15.3. The van der Waals surface area contributed by atoms with E-state index in [0.29, 0.717) is 43.4 Å². The molecule has 5 nitrogen and oxygen atoms in total. The molecular weight excluding hydrogens is 453 g/mol. The Labute approximate surface area is 213 Å². The number of piperidine rings is 1. The molecule has 0 spiro atoms. The second-order valence-electron chi connectivity index (χ2n) is 11.8. The third-order valence-corrected chi connectivity index (χ3v) is 9.46. The first-order valence-electron chi connectivity index (χ1n) is 14.2. The summed E-state index contributed by atoms with van der Waals surface area (Å²) in [5, 5.41) is 3.97. The molecule has 0 atom stereocenters. The number of Topliss-reactive ketones (excluding diaryl/α,β-unsaturated/α-hetero) is 1. The van der Waals surface area contributed by atoms with Crippen molar-refractivity contribution in [3.8, 4) is 0 Å². The lowest BCUT2D eigenvalue weighted by molar-refractivity contribution is -0.0793. The lowest BCUT2D eigenvalue weighted by atomic mass is 9.47. The van der Waals surface area contributed by atoms with Crippen molar-refractivity contribution >= 4 is 22.7 Å². The number of nitrogens with one attached hydrogen (secondary N) is 1. The molecule has 5 fully saturated rings. The van der Waals surface area contributed by atoms with Crippen molar-refractivity contribution in [2.24, 2.45) is 23.7 Å². The Kier molecular flexibility index (Phi) is 6.47. The van der Waals surface area contributed by atoms with E-state index < -0.39 is 0 Å². The van der Waals surface area contributed by atoms with Crippen LogP contribution in [0.2, 0.25) is 0 Å². The maximum Gasteiger partial charge on any atom is 0.317 e. The van der Waals surface area contributed by atoms with Gasteiger partial charge in [-0.2, -0.15) is 0 Å². The fraction of sp³-hybridized carbons (Fsp3) is 0.633. The number of hydrogen-bond donors (Lipinski definition) is 1. The molecule has 192 valence electrons. The third kappa shape index (κ3) is 4.52. The van der Waals surface area contributed by atoms with Gasteiger partial charge in [-0.1, -0.05) is 13.3 Å². The first-order chi connectivity index (χ1) is 17.5. The van der Waals surface area contributed by atoms with Crippen LogP contribution in [0.3, 0.4) is 0 Å². The molecule has 1 aromatic heterocycles. The fourth-order valence-corrected chi connectivity index (χ4v) is 6.60. The van der Waals surface area contributed by atoms with E-state index in [-0.39, 0.29) is 23.5 Å². The SMILES string of the molecule is CCCCNC(=O)N1CCC(c2cc3c(CC4C5CC4C5)c(C(=O)CC4CC4)cnc3cc2F)CC1. The molecule has 1 N–H and O–H groups in total. The van der Waals surface area contributed by atoms with Crippen LogP contribution in [0, 0.1) is 29.5 Å². The lowest BCUT2D eigenvalue weighted by Crippen LogP contribution is -2.51. The van der Waals surface area contributed by atoms with Crippen LogP contribution in [0.15, 0.2) is 18.3 Å². The van der Waals surface area contributed by atoms with Gasteiger partial charge in [0.25, 0.3) is 0 Å². The number of nitrogens with zero attached hydrogens (tertiary/aromatic N) is 2. The molecule has 4 aliphatic carbocycles. The number of aromatic nitrogens is 1. The molecule has 4 saturated carbocycles. The highest BCUT2D eigenvalue weighted by molar-refractivity contribution is 6.01. The molecule has 2 amide bonds. The highest BCUT2D eigenvalue weighted by Gasteiger charge is 2.52. The number of urea groups is 1. The van der Waals surface area contributed by atoms with Gasteiger partial charge in [-0.05, 0) is 98.1 Å². The predicted octanol–water partition coefficient (Wildman–Crippen LogP) is 6.24. The molecule has 5 aliphatic rings. The zero-order valence-corrected chi connectivity index (χ0v) is 21.4. The smallest absolute Gasteiger partial charge is 0.317 e. The Bertz CT molecular complexity index is 1150. The summed E-state index contributed by atoms with van der Waals surface area (Å²) in [6.07, 6.45) is 11.8. The van der Waals surface area contributed by atoms with Crippen molar-refractivity contribution in [3.05, 3.63) is 40.8 Å². The van der Waals surface area contributed by atoms with E-state index in [1.54, 1.807) is 12.3 Å². The number of unbranched alkanes of at least 4 members (excludes halogenated alkanes) is 1. The number of rotatable bonds is 9. The highest BCUT2D eigenvalue weighted by Crippen LogP contribution is 2.60. The summed E-state index contributed by atoms with van der Waals surface area (Å²) < 4.78 is 15.3. The monoisotopic (exact) mass is 491 g/mol. The van der Waals surface area contributed by atoms with Crippen molar-refractivity contribution in [2.75, 3.05) is 19.6 Å². The Hall–Kier alpha value is -2.50. The average molecular weight is 492 g/mol. The van der Waals surface area contributed by atoms with E-state index in [4.69, 9.17) is 0 Å². The van der Waals surface area contributed by atoms with Gasteiger partial charge in [0, 0.05) is 49.3 Å². The molecule has 6 heteroatoms. The summed E-state index contributed by atoms with van der Waals surface area (Å²) in [6.45, 7) is 4.08. The highest BCUT2D eigenvalue weighted by atomic mass is 19.1. The van der Waals surface area contributed by atoms with Gasteiger partial charge in [-0.15, -0.1) is 0 Å². The third-order valence-electron chi connectivity index (χ3n) is 9.46. The number of benzene rings is 1. The second-order valence-corrected chi connectivity index (χ2v) is 11.8. The number of carbonyl (C=O) groups excluding carboxylic acids is 2. The van der Waals surface area contributed by atoms with Crippen molar-refractivity contribution in [1.82, 2.24) is 15.2 Å². The molecule has 2 bridgehead atoms. The predicted molar refractivity (Wildman–Crippen MR) is 139 cm³/mol. The first-order valence-corrected chi connectivity index (χ1v) is 14.2. The van der Waals surface area contributed by atoms with E-state index in [9.17, 15) is 9.59 Å². The van der Waals surface area contributed by atoms with Crippen LogP contribution in [0.5, 0.6) is 0 Å². The Morgan fingerprint density at radius 1 is 1.11 bits per heavy atom. The Morgan fingerprint density at radius 2 is 1.86 bits per heavy atom. The minimum absolute atomic E-state index is 0.00903. The molecule has 1 aliphatic heterocycles. The molecular formula is C30H38FN3O2. The van der Waals surface area contributed by atoms with Gasteiger partial charge < -0.3 is 10.2 Å². The van der Waals surface area contributed by atoms with Crippen LogP contribution in [-0.2, 0) is 6.42 Å². The van der Waals surface area contributed by atoms with E-state index >= 15 is 4.39 Å². The zero-order valence-electron chi connectivity index (χ0n) is 21.4. The standard InChI is InChI=1S/C30H38FN3O2/c1-2-3-8-32-30(36)34-9-6-19(7-10-34)23-15-25-24(14-22-20-12-21(22)13-20)26(29(35)11-18-4-5-18)17-33-28(25)16-27(23)31/h15-22H,2-14H2,1H3,(H,32,36). The Balaban J connectivity index is 1.25. The van der Waals surface area contributed by atoms with Gasteiger partial charge >= 0.3 is 6.03 Å². The van der Waals surface area contributed by atoms with Crippen molar-refractivity contribution in [1.29, 1.82) is 0 Å². The van der Waals surface area contributed by atoms with Gasteiger partial charge in [0.05, 0.1) is 5.52 Å². The molecule has 0 radical (unpaired) electrons. The van der Waals surface area contributed by atoms with Crippen molar-refractivity contribution in [2.45, 2.75) is 77.0 Å². The van der Waals surface area contributed by atoms with E-state index in [2.05, 4.69) is 17.2 Å². The number of ketones is 1. The minimum Gasteiger partial charge on any atom is -0.338 e. The fourth-order valence-electron chi connectivity index (χ4n) is 6.60. The topological polar surface area (TPSA) is 62.3 Å².